The topological polar surface area (TPSA) is 54.4 Å². The van der Waals surface area contributed by atoms with Crippen LogP contribution in [-0.2, 0) is 10.8 Å². The van der Waals surface area contributed by atoms with Gasteiger partial charge < -0.3 is 5.11 Å². The lowest BCUT2D eigenvalue weighted by atomic mass is 10.2. The molecule has 18 heavy (non-hydrogen) atoms. The molecule has 3 nitrogen and oxygen atoms in total. The number of carbonyl (C=O) groups is 1. The highest BCUT2D eigenvalue weighted by atomic mass is 79.9. The summed E-state index contributed by atoms with van der Waals surface area (Å²) in [7, 11) is -1.25. The van der Waals surface area contributed by atoms with Crippen molar-refractivity contribution in [1.82, 2.24) is 0 Å². The molecule has 0 aliphatic carbocycles. The lowest BCUT2D eigenvalue weighted by Gasteiger charge is -2.06. The van der Waals surface area contributed by atoms with Gasteiger partial charge >= 0.3 is 5.97 Å². The highest BCUT2D eigenvalue weighted by Crippen LogP contribution is 2.21. The van der Waals surface area contributed by atoms with Gasteiger partial charge in [-0.25, -0.2) is 4.79 Å². The first-order valence-corrected chi connectivity index (χ1v) is 8.82. The van der Waals surface area contributed by atoms with Crippen LogP contribution in [0.1, 0.15) is 23.7 Å². The summed E-state index contributed by atoms with van der Waals surface area (Å²) in [4.78, 5) is 11.5. The molecule has 1 atom stereocenters. The Morgan fingerprint density at radius 1 is 1.50 bits per heavy atom. The van der Waals surface area contributed by atoms with Crippen molar-refractivity contribution in [3.05, 3.63) is 28.2 Å². The molecule has 1 rings (SSSR count). The van der Waals surface area contributed by atoms with Gasteiger partial charge in [0.1, 0.15) is 0 Å². The largest absolute Gasteiger partial charge is 0.478 e. The fourth-order valence-electron chi connectivity index (χ4n) is 1.41. The number of aromatic carboxylic acids is 1. The van der Waals surface area contributed by atoms with E-state index in [9.17, 15) is 9.00 Å². The van der Waals surface area contributed by atoms with Gasteiger partial charge in [0.15, 0.2) is 0 Å². The summed E-state index contributed by atoms with van der Waals surface area (Å²) in [5.41, 5.74) is 0.125. The number of hydrogen-bond donors (Lipinski definition) is 1. The maximum absolute atomic E-state index is 12.1. The van der Waals surface area contributed by atoms with E-state index < -0.39 is 16.8 Å². The summed E-state index contributed by atoms with van der Waals surface area (Å²) in [5.74, 6) is 1.47. The van der Waals surface area contributed by atoms with Crippen LogP contribution >= 0.6 is 27.7 Å². The molecule has 6 heteroatoms. The lowest BCUT2D eigenvalue weighted by molar-refractivity contribution is 0.0693. The van der Waals surface area contributed by atoms with Crippen LogP contribution in [0.4, 0.5) is 0 Å². The van der Waals surface area contributed by atoms with E-state index in [2.05, 4.69) is 22.9 Å². The van der Waals surface area contributed by atoms with Gasteiger partial charge in [-0.15, -0.1) is 0 Å². The van der Waals surface area contributed by atoms with Crippen molar-refractivity contribution in [2.75, 3.05) is 17.3 Å². The number of halogens is 1. The molecule has 1 unspecified atom stereocenters. The van der Waals surface area contributed by atoms with Crippen molar-refractivity contribution in [2.24, 2.45) is 0 Å². The predicted octanol–water partition coefficient (Wildman–Crippen LogP) is 3.40. The van der Waals surface area contributed by atoms with Gasteiger partial charge in [0, 0.05) is 10.2 Å². The predicted molar refractivity (Wildman–Crippen MR) is 80.0 cm³/mol. The lowest BCUT2D eigenvalue weighted by Crippen LogP contribution is -2.07. The zero-order valence-corrected chi connectivity index (χ0v) is 13.2. The Labute approximate surface area is 122 Å². The zero-order valence-electron chi connectivity index (χ0n) is 10.0. The smallest absolute Gasteiger partial charge is 0.336 e. The fraction of sp³-hybridized carbons (Fsp3) is 0.417. The van der Waals surface area contributed by atoms with Gasteiger partial charge in [-0.1, -0.05) is 22.9 Å². The Morgan fingerprint density at radius 2 is 2.22 bits per heavy atom. The number of carboxylic acids is 1. The van der Waals surface area contributed by atoms with E-state index in [0.29, 0.717) is 10.6 Å². The second-order valence-electron chi connectivity index (χ2n) is 3.55. The minimum Gasteiger partial charge on any atom is -0.478 e. The van der Waals surface area contributed by atoms with Gasteiger partial charge in [0.25, 0.3) is 0 Å². The van der Waals surface area contributed by atoms with Crippen molar-refractivity contribution >= 4 is 44.5 Å². The van der Waals surface area contributed by atoms with Crippen molar-refractivity contribution in [2.45, 2.75) is 18.2 Å². The summed E-state index contributed by atoms with van der Waals surface area (Å²) in [6.07, 6.45) is 0.830. The van der Waals surface area contributed by atoms with Gasteiger partial charge in [-0.3, -0.25) is 4.21 Å². The van der Waals surface area contributed by atoms with Crippen LogP contribution in [0.25, 0.3) is 0 Å². The minimum absolute atomic E-state index is 0.125. The van der Waals surface area contributed by atoms with Crippen LogP contribution in [0.5, 0.6) is 0 Å². The van der Waals surface area contributed by atoms with Crippen LogP contribution in [-0.4, -0.2) is 32.5 Å². The third kappa shape index (κ3) is 4.74. The molecule has 0 saturated heterocycles. The first-order valence-electron chi connectivity index (χ1n) is 5.55. The van der Waals surface area contributed by atoms with Crippen molar-refractivity contribution in [1.29, 1.82) is 0 Å². The average Bonchev–Trinajstić information content (AvgIpc) is 2.34. The molecule has 0 saturated carbocycles. The minimum atomic E-state index is -1.25. The molecule has 100 valence electrons. The van der Waals surface area contributed by atoms with E-state index in [1.807, 2.05) is 0 Å². The molecule has 1 N–H and O–H groups in total. The van der Waals surface area contributed by atoms with Gasteiger partial charge in [0.2, 0.25) is 0 Å². The average molecular weight is 351 g/mol. The van der Waals surface area contributed by atoms with E-state index in [4.69, 9.17) is 5.11 Å². The highest BCUT2D eigenvalue weighted by Gasteiger charge is 2.15. The number of hydrogen-bond acceptors (Lipinski definition) is 3. The molecule has 0 spiro atoms. The summed E-state index contributed by atoms with van der Waals surface area (Å²) in [6, 6.07) is 4.77. The summed E-state index contributed by atoms with van der Waals surface area (Å²) >= 11 is 5.07. The molecule has 0 aliphatic heterocycles. The highest BCUT2D eigenvalue weighted by molar-refractivity contribution is 9.10. The molecule has 0 radical (unpaired) electrons. The van der Waals surface area contributed by atoms with Gasteiger partial charge in [-0.2, -0.15) is 11.8 Å². The molecule has 0 aliphatic rings. The maximum Gasteiger partial charge on any atom is 0.336 e. The molecule has 0 bridgehead atoms. The van der Waals surface area contributed by atoms with Crippen molar-refractivity contribution in [3.63, 3.8) is 0 Å². The van der Waals surface area contributed by atoms with E-state index in [-0.39, 0.29) is 5.56 Å². The molecular weight excluding hydrogens is 336 g/mol. The standard InChI is InChI=1S/C12H15BrO3S2/c1-2-17-6-3-7-18(16)11-8-9(13)4-5-10(11)12(14)15/h4-5,8H,2-3,6-7H2,1H3,(H,14,15). The first-order chi connectivity index (χ1) is 8.56. The Bertz CT molecular complexity index is 449. The SMILES string of the molecule is CCSCCCS(=O)c1cc(Br)ccc1C(=O)O. The third-order valence-electron chi connectivity index (χ3n) is 2.24. The van der Waals surface area contributed by atoms with Crippen LogP contribution in [0.15, 0.2) is 27.6 Å². The number of benzene rings is 1. The third-order valence-corrected chi connectivity index (χ3v) is 5.21. The van der Waals surface area contributed by atoms with Crippen LogP contribution in [0.3, 0.4) is 0 Å². The second kappa shape index (κ2) is 7.96. The zero-order chi connectivity index (χ0) is 13.5. The fourth-order valence-corrected chi connectivity index (χ4v) is 4.03. The van der Waals surface area contributed by atoms with Crippen LogP contribution in [0, 0.1) is 0 Å². The quantitative estimate of drug-likeness (QED) is 0.765. The molecule has 0 amide bonds. The van der Waals surface area contributed by atoms with E-state index >= 15 is 0 Å². The first kappa shape index (κ1) is 15.7. The Kier molecular flexibility index (Phi) is 6.96. The van der Waals surface area contributed by atoms with Crippen molar-refractivity contribution < 1.29 is 14.1 Å². The molecule has 0 fully saturated rings. The maximum atomic E-state index is 12.1. The Hall–Kier alpha value is -0.330. The molecule has 0 aromatic heterocycles. The summed E-state index contributed by atoms with van der Waals surface area (Å²) in [5, 5.41) is 9.06. The van der Waals surface area contributed by atoms with Gasteiger partial charge in [0.05, 0.1) is 21.3 Å². The number of thioether (sulfide) groups is 1. The molecule has 0 heterocycles. The molecular formula is C12H15BrO3S2. The normalized spacial score (nSPS) is 12.3. The Morgan fingerprint density at radius 3 is 2.83 bits per heavy atom. The monoisotopic (exact) mass is 350 g/mol. The van der Waals surface area contributed by atoms with Crippen molar-refractivity contribution in [3.8, 4) is 0 Å². The summed E-state index contributed by atoms with van der Waals surface area (Å²) < 4.78 is 12.9. The molecule has 1 aromatic carbocycles. The van der Waals surface area contributed by atoms with E-state index in [1.54, 1.807) is 23.9 Å². The second-order valence-corrected chi connectivity index (χ2v) is 7.39. The van der Waals surface area contributed by atoms with Gasteiger partial charge in [-0.05, 0) is 36.1 Å². The summed E-state index contributed by atoms with van der Waals surface area (Å²) in [6.45, 7) is 2.08. The number of carboxylic acid groups (broad SMARTS) is 1. The Balaban J connectivity index is 2.77. The number of rotatable bonds is 7. The van der Waals surface area contributed by atoms with Crippen LogP contribution < -0.4 is 0 Å². The molecule has 1 aromatic rings. The van der Waals surface area contributed by atoms with E-state index in [0.717, 1.165) is 22.4 Å². The van der Waals surface area contributed by atoms with E-state index in [1.165, 1.54) is 6.07 Å². The van der Waals surface area contributed by atoms with Crippen LogP contribution in [0.2, 0.25) is 0 Å².